The molecule has 3 heteroatoms. The van der Waals surface area contributed by atoms with Crippen LogP contribution in [-0.2, 0) is 6.54 Å². The minimum Gasteiger partial charge on any atom is -0.312 e. The Labute approximate surface area is 139 Å². The van der Waals surface area contributed by atoms with E-state index in [0.717, 1.165) is 29.3 Å². The first-order chi connectivity index (χ1) is 10.0. The Bertz CT molecular complexity index is 447. The van der Waals surface area contributed by atoms with Gasteiger partial charge in [-0.1, -0.05) is 51.3 Å². The van der Waals surface area contributed by atoms with E-state index in [1.54, 1.807) is 0 Å². The summed E-state index contributed by atoms with van der Waals surface area (Å²) in [5, 5.41) is 5.13. The van der Waals surface area contributed by atoms with Crippen molar-refractivity contribution in [1.29, 1.82) is 0 Å². The van der Waals surface area contributed by atoms with Gasteiger partial charge in [0, 0.05) is 16.7 Å². The van der Waals surface area contributed by atoms with Gasteiger partial charge in [0.2, 0.25) is 0 Å². The molecule has 0 heterocycles. The normalized spacial score (nSPS) is 22.7. The molecular formula is C18H28ClNS. The maximum Gasteiger partial charge on any atom is 0.0545 e. The van der Waals surface area contributed by atoms with Crippen LogP contribution in [-0.4, -0.2) is 11.8 Å². The van der Waals surface area contributed by atoms with E-state index < -0.39 is 0 Å². The zero-order valence-electron chi connectivity index (χ0n) is 13.5. The van der Waals surface area contributed by atoms with Crippen molar-refractivity contribution in [3.8, 4) is 0 Å². The van der Waals surface area contributed by atoms with Gasteiger partial charge in [-0.15, -0.1) is 11.8 Å². The summed E-state index contributed by atoms with van der Waals surface area (Å²) < 4.78 is 0. The van der Waals surface area contributed by atoms with Crippen LogP contribution in [0, 0.1) is 11.8 Å². The molecule has 1 aromatic carbocycles. The number of thioether (sulfide) groups is 1. The van der Waals surface area contributed by atoms with Crippen LogP contribution < -0.4 is 5.32 Å². The van der Waals surface area contributed by atoms with Crippen molar-refractivity contribution in [3.63, 3.8) is 0 Å². The number of hydrogen-bond acceptors (Lipinski definition) is 2. The van der Waals surface area contributed by atoms with Crippen LogP contribution in [0.2, 0.25) is 5.02 Å². The van der Waals surface area contributed by atoms with Crippen LogP contribution in [0.4, 0.5) is 0 Å². The van der Waals surface area contributed by atoms with Gasteiger partial charge in [0.25, 0.3) is 0 Å². The first kappa shape index (κ1) is 17.2. The van der Waals surface area contributed by atoms with Crippen LogP contribution in [0.15, 0.2) is 23.1 Å². The predicted molar refractivity (Wildman–Crippen MR) is 95.3 cm³/mol. The molecule has 1 nitrogen and oxygen atoms in total. The lowest BCUT2D eigenvalue weighted by Gasteiger charge is -2.26. The van der Waals surface area contributed by atoms with Gasteiger partial charge in [0.1, 0.15) is 0 Å². The molecule has 0 aliphatic heterocycles. The number of nitrogens with one attached hydrogen (secondary N) is 1. The van der Waals surface area contributed by atoms with Gasteiger partial charge in [-0.05, 0) is 48.9 Å². The van der Waals surface area contributed by atoms with Gasteiger partial charge < -0.3 is 5.32 Å². The molecule has 1 aliphatic carbocycles. The predicted octanol–water partition coefficient (Wildman–Crippen LogP) is 5.76. The van der Waals surface area contributed by atoms with Crippen LogP contribution in [0.25, 0.3) is 0 Å². The second kappa shape index (κ2) is 8.45. The van der Waals surface area contributed by atoms with Crippen LogP contribution in [0.5, 0.6) is 0 Å². The van der Waals surface area contributed by atoms with Crippen molar-refractivity contribution in [1.82, 2.24) is 5.32 Å². The SMILES string of the molecule is CC(C)CNCc1ccc(SC2CCCC(C)C2)c(Cl)c1. The average Bonchev–Trinajstić information content (AvgIpc) is 2.41. The fourth-order valence-corrected chi connectivity index (χ4v) is 4.64. The Morgan fingerprint density at radius 1 is 1.33 bits per heavy atom. The molecule has 0 spiro atoms. The summed E-state index contributed by atoms with van der Waals surface area (Å²) in [6.45, 7) is 8.78. The summed E-state index contributed by atoms with van der Waals surface area (Å²) in [7, 11) is 0. The zero-order valence-corrected chi connectivity index (χ0v) is 15.1. The summed E-state index contributed by atoms with van der Waals surface area (Å²) >= 11 is 8.46. The fourth-order valence-electron chi connectivity index (χ4n) is 2.92. The molecule has 2 unspecified atom stereocenters. The minimum atomic E-state index is 0.684. The number of benzene rings is 1. The van der Waals surface area contributed by atoms with Crippen molar-refractivity contribution in [3.05, 3.63) is 28.8 Å². The first-order valence-electron chi connectivity index (χ1n) is 8.20. The third kappa shape index (κ3) is 5.84. The Morgan fingerprint density at radius 2 is 2.14 bits per heavy atom. The molecule has 0 aromatic heterocycles. The van der Waals surface area contributed by atoms with Crippen molar-refractivity contribution >= 4 is 23.4 Å². The molecule has 2 rings (SSSR count). The zero-order chi connectivity index (χ0) is 15.2. The molecule has 21 heavy (non-hydrogen) atoms. The summed E-state index contributed by atoms with van der Waals surface area (Å²) in [5.74, 6) is 1.55. The maximum atomic E-state index is 6.48. The molecule has 0 saturated heterocycles. The van der Waals surface area contributed by atoms with Crippen molar-refractivity contribution in [2.24, 2.45) is 11.8 Å². The molecule has 1 saturated carbocycles. The lowest BCUT2D eigenvalue weighted by Crippen LogP contribution is -2.19. The first-order valence-corrected chi connectivity index (χ1v) is 9.46. The summed E-state index contributed by atoms with van der Waals surface area (Å²) in [4.78, 5) is 1.25. The van der Waals surface area contributed by atoms with Gasteiger partial charge in [-0.25, -0.2) is 0 Å². The van der Waals surface area contributed by atoms with E-state index in [9.17, 15) is 0 Å². The summed E-state index contributed by atoms with van der Waals surface area (Å²) in [6, 6.07) is 6.55. The summed E-state index contributed by atoms with van der Waals surface area (Å²) in [6.07, 6.45) is 5.43. The molecule has 0 amide bonds. The quantitative estimate of drug-likeness (QED) is 0.714. The minimum absolute atomic E-state index is 0.684. The van der Waals surface area contributed by atoms with Gasteiger partial charge in [-0.2, -0.15) is 0 Å². The van der Waals surface area contributed by atoms with Crippen molar-refractivity contribution in [2.45, 2.75) is 63.1 Å². The van der Waals surface area contributed by atoms with E-state index in [0.29, 0.717) is 5.92 Å². The van der Waals surface area contributed by atoms with Gasteiger partial charge >= 0.3 is 0 Å². The largest absolute Gasteiger partial charge is 0.312 e. The van der Waals surface area contributed by atoms with Crippen molar-refractivity contribution in [2.75, 3.05) is 6.54 Å². The lowest BCUT2D eigenvalue weighted by atomic mass is 9.91. The third-order valence-corrected chi connectivity index (χ3v) is 5.86. The second-order valence-electron chi connectivity index (χ2n) is 6.80. The second-order valence-corrected chi connectivity index (χ2v) is 8.55. The molecule has 118 valence electrons. The fraction of sp³-hybridized carbons (Fsp3) is 0.667. The Balaban J connectivity index is 1.89. The summed E-state index contributed by atoms with van der Waals surface area (Å²) in [5.41, 5.74) is 1.28. The van der Waals surface area contributed by atoms with E-state index in [1.807, 2.05) is 11.8 Å². The molecule has 1 fully saturated rings. The number of halogens is 1. The van der Waals surface area contributed by atoms with Crippen molar-refractivity contribution < 1.29 is 0 Å². The Hall–Kier alpha value is -0.180. The van der Waals surface area contributed by atoms with Gasteiger partial charge in [0.15, 0.2) is 0 Å². The van der Waals surface area contributed by atoms with E-state index in [2.05, 4.69) is 44.3 Å². The molecule has 1 N–H and O–H groups in total. The molecule has 1 aliphatic rings. The van der Waals surface area contributed by atoms with E-state index in [1.165, 1.54) is 36.1 Å². The molecule has 0 bridgehead atoms. The standard InChI is InChI=1S/C18H28ClNS/c1-13(2)11-20-12-15-7-8-18(17(19)10-15)21-16-6-4-5-14(3)9-16/h7-8,10,13-14,16,20H,4-6,9,11-12H2,1-3H3. The highest BCUT2D eigenvalue weighted by Gasteiger charge is 2.20. The van der Waals surface area contributed by atoms with E-state index in [-0.39, 0.29) is 0 Å². The maximum absolute atomic E-state index is 6.48. The van der Waals surface area contributed by atoms with Crippen LogP contribution >= 0.6 is 23.4 Å². The highest BCUT2D eigenvalue weighted by atomic mass is 35.5. The molecule has 1 aromatic rings. The molecule has 0 radical (unpaired) electrons. The van der Waals surface area contributed by atoms with E-state index in [4.69, 9.17) is 11.6 Å². The third-order valence-electron chi connectivity index (χ3n) is 4.06. The number of hydrogen-bond donors (Lipinski definition) is 1. The smallest absolute Gasteiger partial charge is 0.0545 e. The average molecular weight is 326 g/mol. The number of rotatable bonds is 6. The Kier molecular flexibility index (Phi) is 6.91. The van der Waals surface area contributed by atoms with Gasteiger partial charge in [-0.3, -0.25) is 0 Å². The molecular weight excluding hydrogens is 298 g/mol. The van der Waals surface area contributed by atoms with E-state index >= 15 is 0 Å². The van der Waals surface area contributed by atoms with Gasteiger partial charge in [0.05, 0.1) is 5.02 Å². The monoisotopic (exact) mass is 325 g/mol. The Morgan fingerprint density at radius 3 is 2.81 bits per heavy atom. The topological polar surface area (TPSA) is 12.0 Å². The van der Waals surface area contributed by atoms with Crippen LogP contribution in [0.1, 0.15) is 52.0 Å². The highest BCUT2D eigenvalue weighted by Crippen LogP contribution is 2.39. The molecule has 2 atom stereocenters. The lowest BCUT2D eigenvalue weighted by molar-refractivity contribution is 0.394. The highest BCUT2D eigenvalue weighted by molar-refractivity contribution is 8.00. The van der Waals surface area contributed by atoms with Crippen LogP contribution in [0.3, 0.4) is 0 Å².